The number of thioether (sulfide) groups is 1. The topological polar surface area (TPSA) is 68.3 Å². The zero-order valence-corrected chi connectivity index (χ0v) is 9.89. The number of hydrazine groups is 1. The zero-order chi connectivity index (χ0) is 11.4. The molecule has 0 saturated heterocycles. The highest BCUT2D eigenvalue weighted by molar-refractivity contribution is 7.99. The fourth-order valence-electron chi connectivity index (χ4n) is 1.98. The number of amides is 1. The van der Waals surface area contributed by atoms with Crippen molar-refractivity contribution in [3.63, 3.8) is 0 Å². The van der Waals surface area contributed by atoms with Crippen molar-refractivity contribution in [2.75, 3.05) is 0 Å². The van der Waals surface area contributed by atoms with E-state index in [1.807, 2.05) is 11.8 Å². The molecular formula is C11H16N2O2S. The van der Waals surface area contributed by atoms with E-state index in [-0.39, 0.29) is 5.91 Å². The van der Waals surface area contributed by atoms with Gasteiger partial charge in [-0.3, -0.25) is 10.2 Å². The van der Waals surface area contributed by atoms with Crippen LogP contribution >= 0.6 is 11.8 Å². The second kappa shape index (κ2) is 5.41. The first-order chi connectivity index (χ1) is 7.81. The highest BCUT2D eigenvalue weighted by Gasteiger charge is 2.18. The van der Waals surface area contributed by atoms with E-state index in [0.29, 0.717) is 5.56 Å². The number of hydrogen-bond donors (Lipinski definition) is 2. The Morgan fingerprint density at radius 3 is 3.00 bits per heavy atom. The summed E-state index contributed by atoms with van der Waals surface area (Å²) in [6.07, 6.45) is 6.75. The molecule has 88 valence electrons. The molecule has 0 atom stereocenters. The van der Waals surface area contributed by atoms with Crippen molar-refractivity contribution in [2.45, 2.75) is 36.7 Å². The molecule has 2 rings (SSSR count). The largest absolute Gasteiger partial charge is 0.468 e. The van der Waals surface area contributed by atoms with Crippen molar-refractivity contribution in [3.8, 4) is 0 Å². The zero-order valence-electron chi connectivity index (χ0n) is 9.07. The predicted molar refractivity (Wildman–Crippen MR) is 63.9 cm³/mol. The summed E-state index contributed by atoms with van der Waals surface area (Å²) >= 11 is 1.87. The first-order valence-electron chi connectivity index (χ1n) is 5.50. The molecule has 0 unspecified atom stereocenters. The monoisotopic (exact) mass is 240 g/mol. The minimum atomic E-state index is -0.282. The molecule has 0 aromatic carbocycles. The van der Waals surface area contributed by atoms with Crippen molar-refractivity contribution >= 4 is 17.7 Å². The van der Waals surface area contributed by atoms with Gasteiger partial charge in [-0.15, -0.1) is 0 Å². The van der Waals surface area contributed by atoms with Crippen molar-refractivity contribution in [2.24, 2.45) is 5.84 Å². The Bertz CT molecular complexity index is 359. The highest BCUT2D eigenvalue weighted by Crippen LogP contribution is 2.32. The highest BCUT2D eigenvalue weighted by atomic mass is 32.2. The molecule has 0 bridgehead atoms. The standard InChI is InChI=1S/C11H16N2O2S/c12-13-11(14)9-5-6-15-10(9)7-16-8-3-1-2-4-8/h5-6,8H,1-4,7,12H2,(H,13,14). The molecule has 1 aromatic rings. The van der Waals surface area contributed by atoms with Crippen LogP contribution in [-0.2, 0) is 5.75 Å². The summed E-state index contributed by atoms with van der Waals surface area (Å²) in [5.74, 6) is 6.29. The van der Waals surface area contributed by atoms with Crippen LogP contribution < -0.4 is 11.3 Å². The Balaban J connectivity index is 1.93. The van der Waals surface area contributed by atoms with Gasteiger partial charge < -0.3 is 4.42 Å². The van der Waals surface area contributed by atoms with E-state index in [1.54, 1.807) is 6.07 Å². The Kier molecular flexibility index (Phi) is 3.90. The van der Waals surface area contributed by atoms with E-state index in [4.69, 9.17) is 10.3 Å². The van der Waals surface area contributed by atoms with Gasteiger partial charge in [0.2, 0.25) is 0 Å². The number of nitrogens with one attached hydrogen (secondary N) is 1. The van der Waals surface area contributed by atoms with Crippen LogP contribution in [0.2, 0.25) is 0 Å². The summed E-state index contributed by atoms with van der Waals surface area (Å²) < 4.78 is 5.31. The summed E-state index contributed by atoms with van der Waals surface area (Å²) in [6, 6.07) is 1.66. The molecule has 4 nitrogen and oxygen atoms in total. The van der Waals surface area contributed by atoms with E-state index in [9.17, 15) is 4.79 Å². The second-order valence-corrected chi connectivity index (χ2v) is 5.24. The van der Waals surface area contributed by atoms with Crippen LogP contribution in [0.1, 0.15) is 41.8 Å². The van der Waals surface area contributed by atoms with Crippen LogP contribution in [0, 0.1) is 0 Å². The fourth-order valence-corrected chi connectivity index (χ4v) is 3.26. The third-order valence-corrected chi connectivity index (χ3v) is 4.25. The molecule has 0 radical (unpaired) electrons. The first kappa shape index (κ1) is 11.5. The molecule has 5 heteroatoms. The maximum absolute atomic E-state index is 11.4. The van der Waals surface area contributed by atoms with Gasteiger partial charge in [0.05, 0.1) is 17.6 Å². The Hall–Kier alpha value is -0.940. The average molecular weight is 240 g/mol. The van der Waals surface area contributed by atoms with Gasteiger partial charge in [0, 0.05) is 5.25 Å². The van der Waals surface area contributed by atoms with E-state index >= 15 is 0 Å². The molecule has 16 heavy (non-hydrogen) atoms. The summed E-state index contributed by atoms with van der Waals surface area (Å²) in [7, 11) is 0. The van der Waals surface area contributed by atoms with E-state index in [1.165, 1.54) is 31.9 Å². The molecule has 1 aliphatic rings. The lowest BCUT2D eigenvalue weighted by Gasteiger charge is -2.07. The van der Waals surface area contributed by atoms with Crippen LogP contribution in [0.3, 0.4) is 0 Å². The molecule has 1 aromatic heterocycles. The van der Waals surface area contributed by atoms with E-state index in [2.05, 4.69) is 5.43 Å². The van der Waals surface area contributed by atoms with Crippen LogP contribution in [0.15, 0.2) is 16.7 Å². The number of nitrogen functional groups attached to an aromatic ring is 1. The SMILES string of the molecule is NNC(=O)c1ccoc1CSC1CCCC1. The van der Waals surface area contributed by atoms with Crippen molar-refractivity contribution < 1.29 is 9.21 Å². The van der Waals surface area contributed by atoms with Gasteiger partial charge in [-0.2, -0.15) is 11.8 Å². The molecule has 0 aliphatic heterocycles. The molecule has 1 heterocycles. The molecule has 0 spiro atoms. The van der Waals surface area contributed by atoms with Gasteiger partial charge in [-0.25, -0.2) is 5.84 Å². The smallest absolute Gasteiger partial charge is 0.268 e. The molecular weight excluding hydrogens is 224 g/mol. The van der Waals surface area contributed by atoms with Gasteiger partial charge in [-0.1, -0.05) is 12.8 Å². The third-order valence-electron chi connectivity index (χ3n) is 2.87. The average Bonchev–Trinajstić information content (AvgIpc) is 2.96. The lowest BCUT2D eigenvalue weighted by atomic mass is 10.2. The summed E-state index contributed by atoms with van der Waals surface area (Å²) in [5.41, 5.74) is 2.68. The maximum atomic E-state index is 11.4. The number of nitrogens with two attached hydrogens (primary N) is 1. The fraction of sp³-hybridized carbons (Fsp3) is 0.545. The van der Waals surface area contributed by atoms with Gasteiger partial charge in [-0.05, 0) is 18.9 Å². The van der Waals surface area contributed by atoms with Gasteiger partial charge in [0.1, 0.15) is 5.76 Å². The van der Waals surface area contributed by atoms with Crippen molar-refractivity contribution in [1.82, 2.24) is 5.43 Å². The molecule has 1 aliphatic carbocycles. The van der Waals surface area contributed by atoms with Gasteiger partial charge >= 0.3 is 0 Å². The summed E-state index contributed by atoms with van der Waals surface area (Å²) in [5, 5.41) is 0.721. The lowest BCUT2D eigenvalue weighted by Crippen LogP contribution is -2.30. The van der Waals surface area contributed by atoms with E-state index in [0.717, 1.165) is 16.8 Å². The number of hydrogen-bond acceptors (Lipinski definition) is 4. The van der Waals surface area contributed by atoms with Gasteiger partial charge in [0.15, 0.2) is 0 Å². The molecule has 1 saturated carbocycles. The van der Waals surface area contributed by atoms with Crippen LogP contribution in [0.4, 0.5) is 0 Å². The maximum Gasteiger partial charge on any atom is 0.268 e. The van der Waals surface area contributed by atoms with Crippen molar-refractivity contribution in [1.29, 1.82) is 0 Å². The molecule has 3 N–H and O–H groups in total. The first-order valence-corrected chi connectivity index (χ1v) is 6.55. The minimum absolute atomic E-state index is 0.282. The van der Waals surface area contributed by atoms with Crippen LogP contribution in [-0.4, -0.2) is 11.2 Å². The third kappa shape index (κ3) is 2.59. The van der Waals surface area contributed by atoms with Crippen molar-refractivity contribution in [3.05, 3.63) is 23.7 Å². The Morgan fingerprint density at radius 1 is 1.56 bits per heavy atom. The Morgan fingerprint density at radius 2 is 2.31 bits per heavy atom. The number of furan rings is 1. The van der Waals surface area contributed by atoms with E-state index < -0.39 is 0 Å². The molecule has 1 amide bonds. The van der Waals surface area contributed by atoms with Gasteiger partial charge in [0.25, 0.3) is 5.91 Å². The van der Waals surface area contributed by atoms with Crippen LogP contribution in [0.25, 0.3) is 0 Å². The number of carbonyl (C=O) groups is 1. The normalized spacial score (nSPS) is 16.6. The summed E-state index contributed by atoms with van der Waals surface area (Å²) in [4.78, 5) is 11.4. The Labute approximate surface area is 98.9 Å². The quantitative estimate of drug-likeness (QED) is 0.480. The minimum Gasteiger partial charge on any atom is -0.468 e. The lowest BCUT2D eigenvalue weighted by molar-refractivity contribution is 0.0952. The number of carbonyl (C=O) groups excluding carboxylic acids is 1. The predicted octanol–water partition coefficient (Wildman–Crippen LogP) is 2.06. The number of rotatable bonds is 4. The molecule has 1 fully saturated rings. The van der Waals surface area contributed by atoms with Crippen LogP contribution in [0.5, 0.6) is 0 Å². The summed E-state index contributed by atoms with van der Waals surface area (Å²) in [6.45, 7) is 0. The second-order valence-electron chi connectivity index (χ2n) is 3.95.